The molecule has 0 saturated heterocycles. The molecule has 0 radical (unpaired) electrons. The summed E-state index contributed by atoms with van der Waals surface area (Å²) in [7, 11) is 3.29. The number of anilines is 1. The van der Waals surface area contributed by atoms with Gasteiger partial charge in [-0.15, -0.1) is 5.10 Å². The zero-order chi connectivity index (χ0) is 16.9. The second-order valence-corrected chi connectivity index (χ2v) is 5.22. The number of hydrogen-bond acceptors (Lipinski definition) is 6. The van der Waals surface area contributed by atoms with Gasteiger partial charge >= 0.3 is 0 Å². The van der Waals surface area contributed by atoms with E-state index in [1.165, 1.54) is 0 Å². The Bertz CT molecular complexity index is 831. The molecule has 2 aromatic carbocycles. The molecule has 0 aliphatic carbocycles. The topological polar surface area (TPSA) is 74.1 Å². The first kappa shape index (κ1) is 15.8. The van der Waals surface area contributed by atoms with E-state index in [0.717, 1.165) is 34.3 Å². The number of nitrogens with zero attached hydrogens (tertiary/aromatic N) is 4. The third kappa shape index (κ3) is 3.29. The van der Waals surface area contributed by atoms with Gasteiger partial charge in [-0.05, 0) is 47.7 Å². The summed E-state index contributed by atoms with van der Waals surface area (Å²) in [5, 5.41) is 15.0. The average Bonchev–Trinajstić information content (AvgIpc) is 3.06. The molecule has 0 spiro atoms. The van der Waals surface area contributed by atoms with Crippen LogP contribution in [0, 0.1) is 6.92 Å². The summed E-state index contributed by atoms with van der Waals surface area (Å²) in [5.74, 6) is 2.30. The Balaban J connectivity index is 1.77. The molecule has 3 aromatic rings. The highest BCUT2D eigenvalue weighted by molar-refractivity contribution is 5.52. The summed E-state index contributed by atoms with van der Waals surface area (Å²) in [4.78, 5) is 0. The van der Waals surface area contributed by atoms with Crippen molar-refractivity contribution in [1.29, 1.82) is 0 Å². The van der Waals surface area contributed by atoms with Crippen molar-refractivity contribution >= 4 is 5.69 Å². The maximum Gasteiger partial charge on any atom is 0.153 e. The Morgan fingerprint density at radius 1 is 1.08 bits per heavy atom. The van der Waals surface area contributed by atoms with E-state index in [1.54, 1.807) is 18.9 Å². The Kier molecular flexibility index (Phi) is 4.60. The fourth-order valence-corrected chi connectivity index (χ4v) is 2.41. The van der Waals surface area contributed by atoms with Crippen molar-refractivity contribution in [2.24, 2.45) is 0 Å². The molecule has 124 valence electrons. The number of rotatable bonds is 6. The smallest absolute Gasteiger partial charge is 0.153 e. The maximum absolute atomic E-state index is 5.42. The number of aryl methyl sites for hydroxylation is 1. The molecule has 0 atom stereocenters. The number of benzene rings is 2. The number of aromatic nitrogens is 4. The molecule has 7 nitrogen and oxygen atoms in total. The van der Waals surface area contributed by atoms with Crippen molar-refractivity contribution in [3.05, 3.63) is 53.9 Å². The lowest BCUT2D eigenvalue weighted by Gasteiger charge is -2.12. The maximum atomic E-state index is 5.42. The van der Waals surface area contributed by atoms with Gasteiger partial charge in [0.1, 0.15) is 11.5 Å². The minimum absolute atomic E-state index is 0.630. The van der Waals surface area contributed by atoms with Crippen molar-refractivity contribution in [3.63, 3.8) is 0 Å². The molecule has 3 rings (SSSR count). The first-order valence-corrected chi connectivity index (χ1v) is 7.51. The van der Waals surface area contributed by atoms with Crippen LogP contribution in [-0.4, -0.2) is 34.4 Å². The van der Waals surface area contributed by atoms with Crippen LogP contribution < -0.4 is 14.8 Å². The number of tetrazole rings is 1. The number of methoxy groups -OCH3 is 2. The first-order chi connectivity index (χ1) is 11.7. The third-order valence-corrected chi connectivity index (χ3v) is 3.69. The molecule has 1 heterocycles. The fourth-order valence-electron chi connectivity index (χ4n) is 2.41. The van der Waals surface area contributed by atoms with E-state index in [1.807, 2.05) is 49.4 Å². The summed E-state index contributed by atoms with van der Waals surface area (Å²) in [6.07, 6.45) is 0. The molecule has 0 fully saturated rings. The van der Waals surface area contributed by atoms with E-state index in [4.69, 9.17) is 9.47 Å². The van der Waals surface area contributed by atoms with Crippen LogP contribution in [0.15, 0.2) is 42.5 Å². The number of nitrogens with one attached hydrogen (secondary N) is 1. The lowest BCUT2D eigenvalue weighted by Crippen LogP contribution is -2.04. The Hall–Kier alpha value is -3.09. The molecule has 7 heteroatoms. The van der Waals surface area contributed by atoms with Crippen molar-refractivity contribution in [3.8, 4) is 17.2 Å². The summed E-state index contributed by atoms with van der Waals surface area (Å²) in [6.45, 7) is 2.49. The highest BCUT2D eigenvalue weighted by Crippen LogP contribution is 2.25. The second kappa shape index (κ2) is 6.99. The third-order valence-electron chi connectivity index (χ3n) is 3.69. The van der Waals surface area contributed by atoms with Crippen molar-refractivity contribution in [1.82, 2.24) is 20.2 Å². The Morgan fingerprint density at radius 3 is 2.67 bits per heavy atom. The largest absolute Gasteiger partial charge is 0.497 e. The van der Waals surface area contributed by atoms with Gasteiger partial charge in [-0.3, -0.25) is 0 Å². The lowest BCUT2D eigenvalue weighted by molar-refractivity contribution is 0.391. The number of hydrogen-bond donors (Lipinski definition) is 1. The van der Waals surface area contributed by atoms with Gasteiger partial charge in [-0.25, -0.2) is 0 Å². The molecule has 1 aromatic heterocycles. The van der Waals surface area contributed by atoms with Crippen LogP contribution in [0.4, 0.5) is 5.69 Å². The fraction of sp³-hybridized carbons (Fsp3) is 0.235. The molecule has 1 N–H and O–H groups in total. The summed E-state index contributed by atoms with van der Waals surface area (Å²) >= 11 is 0. The van der Waals surface area contributed by atoms with Gasteiger partial charge in [-0.2, -0.15) is 4.68 Å². The van der Waals surface area contributed by atoms with E-state index in [-0.39, 0.29) is 0 Å². The Labute approximate surface area is 140 Å². The van der Waals surface area contributed by atoms with E-state index in [0.29, 0.717) is 6.54 Å². The second-order valence-electron chi connectivity index (χ2n) is 5.22. The van der Waals surface area contributed by atoms with E-state index >= 15 is 0 Å². The SMILES string of the molecule is COc1ccc(CNc2cccc(-n3nnnc3C)c2)c(OC)c1. The zero-order valence-corrected chi connectivity index (χ0v) is 13.9. The molecule has 0 aliphatic rings. The van der Waals surface area contributed by atoms with Crippen LogP contribution >= 0.6 is 0 Å². The summed E-state index contributed by atoms with van der Waals surface area (Å²) in [6, 6.07) is 13.7. The van der Waals surface area contributed by atoms with Gasteiger partial charge in [0.25, 0.3) is 0 Å². The molecular formula is C17H19N5O2. The van der Waals surface area contributed by atoms with Crippen molar-refractivity contribution < 1.29 is 9.47 Å². The molecule has 24 heavy (non-hydrogen) atoms. The van der Waals surface area contributed by atoms with Crippen LogP contribution in [-0.2, 0) is 6.54 Å². The molecule has 0 aliphatic heterocycles. The van der Waals surface area contributed by atoms with Crippen LogP contribution in [0.1, 0.15) is 11.4 Å². The highest BCUT2D eigenvalue weighted by Gasteiger charge is 2.07. The van der Waals surface area contributed by atoms with Crippen LogP contribution in [0.3, 0.4) is 0 Å². The minimum Gasteiger partial charge on any atom is -0.497 e. The van der Waals surface area contributed by atoms with Crippen LogP contribution in [0.5, 0.6) is 11.5 Å². The quantitative estimate of drug-likeness (QED) is 0.751. The van der Waals surface area contributed by atoms with E-state index in [9.17, 15) is 0 Å². The van der Waals surface area contributed by atoms with Gasteiger partial charge in [-0.1, -0.05) is 6.07 Å². The molecule has 0 amide bonds. The van der Waals surface area contributed by atoms with Gasteiger partial charge < -0.3 is 14.8 Å². The highest BCUT2D eigenvalue weighted by atomic mass is 16.5. The minimum atomic E-state index is 0.630. The monoisotopic (exact) mass is 325 g/mol. The van der Waals surface area contributed by atoms with E-state index < -0.39 is 0 Å². The van der Waals surface area contributed by atoms with Gasteiger partial charge in [0.15, 0.2) is 5.82 Å². The first-order valence-electron chi connectivity index (χ1n) is 7.51. The standard InChI is InChI=1S/C17H19N5O2/c1-12-19-20-21-22(12)15-6-4-5-14(9-15)18-11-13-7-8-16(23-2)10-17(13)24-3/h4-10,18H,11H2,1-3H3. The predicted octanol–water partition coefficient (Wildman–Crippen LogP) is 2.60. The lowest BCUT2D eigenvalue weighted by atomic mass is 10.2. The van der Waals surface area contributed by atoms with Crippen molar-refractivity contribution in [2.45, 2.75) is 13.5 Å². The van der Waals surface area contributed by atoms with Gasteiger partial charge in [0.2, 0.25) is 0 Å². The summed E-state index contributed by atoms with van der Waals surface area (Å²) in [5.41, 5.74) is 2.92. The van der Waals surface area contributed by atoms with Gasteiger partial charge in [0, 0.05) is 23.9 Å². The normalized spacial score (nSPS) is 10.5. The van der Waals surface area contributed by atoms with Gasteiger partial charge in [0.05, 0.1) is 19.9 Å². The average molecular weight is 325 g/mol. The molecule has 0 saturated carbocycles. The van der Waals surface area contributed by atoms with Crippen LogP contribution in [0.25, 0.3) is 5.69 Å². The van der Waals surface area contributed by atoms with Crippen LogP contribution in [0.2, 0.25) is 0 Å². The van der Waals surface area contributed by atoms with Crippen molar-refractivity contribution in [2.75, 3.05) is 19.5 Å². The number of ether oxygens (including phenoxy) is 2. The predicted molar refractivity (Wildman–Crippen MR) is 90.8 cm³/mol. The molecule has 0 unspecified atom stereocenters. The molecular weight excluding hydrogens is 306 g/mol. The molecule has 0 bridgehead atoms. The van der Waals surface area contributed by atoms with E-state index in [2.05, 4.69) is 20.8 Å². The summed E-state index contributed by atoms with van der Waals surface area (Å²) < 4.78 is 12.3. The zero-order valence-electron chi connectivity index (χ0n) is 13.9. The Morgan fingerprint density at radius 2 is 1.96 bits per heavy atom.